The minimum Gasteiger partial charge on any atom is -0.496 e. The first-order chi connectivity index (χ1) is 9.13. The highest BCUT2D eigenvalue weighted by Gasteiger charge is 2.33. The van der Waals surface area contributed by atoms with E-state index in [1.165, 1.54) is 0 Å². The molecule has 4 heteroatoms. The normalized spacial score (nSPS) is 18.0. The molecule has 0 aliphatic carbocycles. The predicted molar refractivity (Wildman–Crippen MR) is 71.7 cm³/mol. The molecule has 19 heavy (non-hydrogen) atoms. The summed E-state index contributed by atoms with van der Waals surface area (Å²) in [6.45, 7) is 3.25. The summed E-state index contributed by atoms with van der Waals surface area (Å²) in [4.78, 5) is 11.7. The Kier molecular flexibility index (Phi) is 4.43. The minimum absolute atomic E-state index is 0.113. The van der Waals surface area contributed by atoms with Gasteiger partial charge in [0.1, 0.15) is 5.75 Å². The molecule has 1 aliphatic rings. The molecule has 0 spiro atoms. The molecule has 1 aliphatic heterocycles. The van der Waals surface area contributed by atoms with Gasteiger partial charge >= 0.3 is 5.97 Å². The second kappa shape index (κ2) is 6.06. The molecule has 4 nitrogen and oxygen atoms in total. The van der Waals surface area contributed by atoms with Crippen molar-refractivity contribution in [2.75, 3.05) is 20.3 Å². The van der Waals surface area contributed by atoms with Crippen LogP contribution in [0.3, 0.4) is 0 Å². The molecule has 1 aromatic carbocycles. The maximum absolute atomic E-state index is 11.7. The van der Waals surface area contributed by atoms with Gasteiger partial charge in [0.05, 0.1) is 13.0 Å². The topological polar surface area (TPSA) is 55.8 Å². The van der Waals surface area contributed by atoms with E-state index >= 15 is 0 Å². The van der Waals surface area contributed by atoms with E-state index in [9.17, 15) is 9.90 Å². The monoisotopic (exact) mass is 264 g/mol. The average molecular weight is 264 g/mol. The summed E-state index contributed by atoms with van der Waals surface area (Å²) < 4.78 is 10.6. The van der Waals surface area contributed by atoms with E-state index in [0.717, 1.165) is 24.0 Å². The number of methoxy groups -OCH3 is 1. The first kappa shape index (κ1) is 13.9. The van der Waals surface area contributed by atoms with Gasteiger partial charge in [0, 0.05) is 18.8 Å². The van der Waals surface area contributed by atoms with Gasteiger partial charge in [0.15, 0.2) is 0 Å². The third kappa shape index (κ3) is 3.07. The lowest BCUT2D eigenvalue weighted by molar-refractivity contribution is -0.141. The predicted octanol–water partition coefficient (Wildman–Crippen LogP) is 2.60. The Hall–Kier alpha value is -1.55. The largest absolute Gasteiger partial charge is 0.496 e. The van der Waals surface area contributed by atoms with Crippen LogP contribution in [-0.2, 0) is 9.53 Å². The maximum atomic E-state index is 11.7. The molecule has 104 valence electrons. The summed E-state index contributed by atoms with van der Waals surface area (Å²) in [5.74, 6) is -0.527. The van der Waals surface area contributed by atoms with Crippen LogP contribution in [0.25, 0.3) is 0 Å². The van der Waals surface area contributed by atoms with Crippen LogP contribution in [-0.4, -0.2) is 31.4 Å². The summed E-state index contributed by atoms with van der Waals surface area (Å²) in [5.41, 5.74) is 1.83. The average Bonchev–Trinajstić information content (AvgIpc) is 2.40. The molecule has 1 unspecified atom stereocenters. The molecule has 1 N–H and O–H groups in total. The molecule has 2 rings (SSSR count). The third-order valence-corrected chi connectivity index (χ3v) is 3.72. The number of carboxylic acid groups (broad SMARTS) is 1. The molecule has 0 bridgehead atoms. The van der Waals surface area contributed by atoms with E-state index in [-0.39, 0.29) is 5.92 Å². The van der Waals surface area contributed by atoms with Crippen LogP contribution in [0.4, 0.5) is 0 Å². The standard InChI is InChI=1S/C15H20O4/c1-10-3-4-13(18-2)12(9-10)14(15(16)17)11-5-7-19-8-6-11/h3-4,9,11,14H,5-8H2,1-2H3,(H,16,17). The van der Waals surface area contributed by atoms with Crippen LogP contribution < -0.4 is 4.74 Å². The Labute approximate surface area is 113 Å². The summed E-state index contributed by atoms with van der Waals surface area (Å²) in [6.07, 6.45) is 1.57. The van der Waals surface area contributed by atoms with Crippen molar-refractivity contribution < 1.29 is 19.4 Å². The zero-order valence-electron chi connectivity index (χ0n) is 11.4. The van der Waals surface area contributed by atoms with E-state index < -0.39 is 11.9 Å². The van der Waals surface area contributed by atoms with Gasteiger partial charge in [-0.15, -0.1) is 0 Å². The second-order valence-corrected chi connectivity index (χ2v) is 5.01. The SMILES string of the molecule is COc1ccc(C)cc1C(C(=O)O)C1CCOCC1. The zero-order chi connectivity index (χ0) is 13.8. The molecule has 1 aromatic rings. The molecule has 1 fully saturated rings. The molecule has 1 heterocycles. The van der Waals surface area contributed by atoms with Crippen LogP contribution in [0.2, 0.25) is 0 Å². The van der Waals surface area contributed by atoms with Crippen molar-refractivity contribution in [2.45, 2.75) is 25.7 Å². The van der Waals surface area contributed by atoms with E-state index in [1.54, 1.807) is 7.11 Å². The van der Waals surface area contributed by atoms with E-state index in [4.69, 9.17) is 9.47 Å². The Morgan fingerprint density at radius 2 is 2.11 bits per heavy atom. The molecule has 0 radical (unpaired) electrons. The lowest BCUT2D eigenvalue weighted by Gasteiger charge is -2.28. The van der Waals surface area contributed by atoms with Crippen molar-refractivity contribution in [2.24, 2.45) is 5.92 Å². The minimum atomic E-state index is -0.782. The van der Waals surface area contributed by atoms with E-state index in [2.05, 4.69) is 0 Å². The Morgan fingerprint density at radius 3 is 2.68 bits per heavy atom. The number of ether oxygens (including phenoxy) is 2. The van der Waals surface area contributed by atoms with Gasteiger partial charge in [-0.2, -0.15) is 0 Å². The number of hydrogen-bond acceptors (Lipinski definition) is 3. The van der Waals surface area contributed by atoms with Gasteiger partial charge in [-0.05, 0) is 31.7 Å². The molecule has 0 amide bonds. The Morgan fingerprint density at radius 1 is 1.42 bits per heavy atom. The number of carboxylic acids is 1. The van der Waals surface area contributed by atoms with Crippen LogP contribution in [0.15, 0.2) is 18.2 Å². The van der Waals surface area contributed by atoms with Crippen molar-refractivity contribution >= 4 is 5.97 Å². The van der Waals surface area contributed by atoms with Gasteiger partial charge in [0.25, 0.3) is 0 Å². The highest BCUT2D eigenvalue weighted by molar-refractivity contribution is 5.77. The van der Waals surface area contributed by atoms with Crippen LogP contribution in [0.5, 0.6) is 5.75 Å². The molecular formula is C15H20O4. The molecule has 0 aromatic heterocycles. The molecule has 1 atom stereocenters. The van der Waals surface area contributed by atoms with Crippen molar-refractivity contribution in [3.05, 3.63) is 29.3 Å². The van der Waals surface area contributed by atoms with Gasteiger partial charge in [-0.3, -0.25) is 4.79 Å². The van der Waals surface area contributed by atoms with Crippen molar-refractivity contribution in [3.63, 3.8) is 0 Å². The van der Waals surface area contributed by atoms with Crippen LogP contribution >= 0.6 is 0 Å². The lowest BCUT2D eigenvalue weighted by atomic mass is 9.80. The van der Waals surface area contributed by atoms with E-state index in [1.807, 2.05) is 25.1 Å². The number of rotatable bonds is 4. The highest BCUT2D eigenvalue weighted by Crippen LogP contribution is 2.37. The van der Waals surface area contributed by atoms with E-state index in [0.29, 0.717) is 19.0 Å². The van der Waals surface area contributed by atoms with Crippen LogP contribution in [0, 0.1) is 12.8 Å². The summed E-state index contributed by atoms with van der Waals surface area (Å²) >= 11 is 0. The fourth-order valence-electron chi connectivity index (χ4n) is 2.73. The fraction of sp³-hybridized carbons (Fsp3) is 0.533. The van der Waals surface area contributed by atoms with Crippen molar-refractivity contribution in [3.8, 4) is 5.75 Å². The third-order valence-electron chi connectivity index (χ3n) is 3.72. The first-order valence-electron chi connectivity index (χ1n) is 6.58. The van der Waals surface area contributed by atoms with Gasteiger partial charge in [-0.1, -0.05) is 17.7 Å². The number of carbonyl (C=O) groups is 1. The van der Waals surface area contributed by atoms with Crippen LogP contribution in [0.1, 0.15) is 29.9 Å². The first-order valence-corrected chi connectivity index (χ1v) is 6.58. The summed E-state index contributed by atoms with van der Waals surface area (Å²) in [5, 5.41) is 9.59. The molecule has 0 saturated carbocycles. The number of benzene rings is 1. The smallest absolute Gasteiger partial charge is 0.311 e. The molecular weight excluding hydrogens is 244 g/mol. The summed E-state index contributed by atoms with van der Waals surface area (Å²) in [7, 11) is 1.58. The summed E-state index contributed by atoms with van der Waals surface area (Å²) in [6, 6.07) is 5.71. The highest BCUT2D eigenvalue weighted by atomic mass is 16.5. The lowest BCUT2D eigenvalue weighted by Crippen LogP contribution is -2.27. The van der Waals surface area contributed by atoms with Crippen molar-refractivity contribution in [1.82, 2.24) is 0 Å². The van der Waals surface area contributed by atoms with Crippen molar-refractivity contribution in [1.29, 1.82) is 0 Å². The Bertz CT molecular complexity index is 449. The maximum Gasteiger partial charge on any atom is 0.311 e. The Balaban J connectivity index is 2.37. The number of hydrogen-bond donors (Lipinski definition) is 1. The number of aryl methyl sites for hydroxylation is 1. The number of aliphatic carboxylic acids is 1. The fourth-order valence-corrected chi connectivity index (χ4v) is 2.73. The van der Waals surface area contributed by atoms with Gasteiger partial charge in [0.2, 0.25) is 0 Å². The zero-order valence-corrected chi connectivity index (χ0v) is 11.4. The quantitative estimate of drug-likeness (QED) is 0.908. The second-order valence-electron chi connectivity index (χ2n) is 5.01. The van der Waals surface area contributed by atoms with Gasteiger partial charge < -0.3 is 14.6 Å². The molecule has 1 saturated heterocycles. The van der Waals surface area contributed by atoms with Gasteiger partial charge in [-0.25, -0.2) is 0 Å².